The normalized spacial score (nSPS) is 9.06. The van der Waals surface area contributed by atoms with Gasteiger partial charge in [-0.1, -0.05) is 48.5 Å². The molecule has 2 heteroatoms. The Morgan fingerprint density at radius 2 is 1.29 bits per heavy atom. The number of rotatable bonds is 3. The van der Waals surface area contributed by atoms with E-state index >= 15 is 0 Å². The molecule has 0 heterocycles. The second kappa shape index (κ2) is 8.36. The van der Waals surface area contributed by atoms with Crippen LogP contribution in [0.1, 0.15) is 5.56 Å². The smallest absolute Gasteiger partial charge is 0.118 e. The van der Waals surface area contributed by atoms with E-state index in [-0.39, 0.29) is 0 Å². The average molecular weight is 230 g/mol. The summed E-state index contributed by atoms with van der Waals surface area (Å²) >= 11 is 0. The fourth-order valence-electron chi connectivity index (χ4n) is 1.30. The van der Waals surface area contributed by atoms with Crippen LogP contribution in [0.3, 0.4) is 0 Å². The predicted octanol–water partition coefficient (Wildman–Crippen LogP) is 3.53. The molecule has 0 aliphatic carbocycles. The van der Waals surface area contributed by atoms with Gasteiger partial charge in [0.05, 0.1) is 13.7 Å². The van der Waals surface area contributed by atoms with E-state index in [1.165, 1.54) is 5.56 Å². The Morgan fingerprint density at radius 3 is 1.71 bits per heavy atom. The molecule has 0 fully saturated rings. The van der Waals surface area contributed by atoms with E-state index in [0.29, 0.717) is 6.61 Å². The fraction of sp³-hybridized carbons (Fsp3) is 0.200. The number of hydrogen-bond acceptors (Lipinski definition) is 2. The highest BCUT2D eigenvalue weighted by molar-refractivity contribution is 5.20. The lowest BCUT2D eigenvalue weighted by Gasteiger charge is -1.95. The third-order valence-electron chi connectivity index (χ3n) is 2.13. The number of benzene rings is 2. The quantitative estimate of drug-likeness (QED) is 0.803. The summed E-state index contributed by atoms with van der Waals surface area (Å²) in [5.41, 5.74) is 1.22. The minimum atomic E-state index is 0.709. The molecule has 2 aromatic carbocycles. The van der Waals surface area contributed by atoms with Crippen molar-refractivity contribution < 1.29 is 9.47 Å². The largest absolute Gasteiger partial charge is 0.497 e. The van der Waals surface area contributed by atoms with Crippen molar-refractivity contribution in [2.45, 2.75) is 6.61 Å². The maximum atomic E-state index is 4.93. The second-order valence-corrected chi connectivity index (χ2v) is 3.44. The molecular weight excluding hydrogens is 212 g/mol. The van der Waals surface area contributed by atoms with Gasteiger partial charge in [-0.2, -0.15) is 0 Å². The first-order chi connectivity index (χ1) is 8.36. The average Bonchev–Trinajstić information content (AvgIpc) is 2.42. The lowest BCUT2D eigenvalue weighted by molar-refractivity contribution is 0.185. The highest BCUT2D eigenvalue weighted by Gasteiger charge is 1.84. The molecule has 0 aliphatic rings. The van der Waals surface area contributed by atoms with Crippen molar-refractivity contribution in [1.82, 2.24) is 0 Å². The SMILES string of the molecule is COCc1ccccc1.COc1ccccc1. The Bertz CT molecular complexity index is 384. The molecule has 0 bridgehead atoms. The summed E-state index contributed by atoms with van der Waals surface area (Å²) in [6.45, 7) is 0.709. The minimum absolute atomic E-state index is 0.709. The van der Waals surface area contributed by atoms with Gasteiger partial charge in [-0.05, 0) is 17.7 Å². The molecule has 2 rings (SSSR count). The lowest BCUT2D eigenvalue weighted by atomic mass is 10.2. The van der Waals surface area contributed by atoms with Crippen LogP contribution in [-0.2, 0) is 11.3 Å². The van der Waals surface area contributed by atoms with E-state index in [4.69, 9.17) is 9.47 Å². The van der Waals surface area contributed by atoms with Crippen molar-refractivity contribution in [3.8, 4) is 5.75 Å². The van der Waals surface area contributed by atoms with Crippen LogP contribution in [-0.4, -0.2) is 14.2 Å². The van der Waals surface area contributed by atoms with Gasteiger partial charge >= 0.3 is 0 Å². The van der Waals surface area contributed by atoms with E-state index < -0.39 is 0 Å². The first kappa shape index (κ1) is 13.3. The molecule has 0 unspecified atom stereocenters. The molecule has 0 aromatic heterocycles. The molecule has 0 saturated heterocycles. The van der Waals surface area contributed by atoms with E-state index in [1.54, 1.807) is 14.2 Å². The molecule has 2 nitrogen and oxygen atoms in total. The van der Waals surface area contributed by atoms with Crippen LogP contribution in [0.5, 0.6) is 5.75 Å². The summed E-state index contributed by atoms with van der Waals surface area (Å²) < 4.78 is 9.84. The Morgan fingerprint density at radius 1 is 0.765 bits per heavy atom. The van der Waals surface area contributed by atoms with Gasteiger partial charge in [0.25, 0.3) is 0 Å². The van der Waals surface area contributed by atoms with Crippen LogP contribution in [0.4, 0.5) is 0 Å². The number of methoxy groups -OCH3 is 2. The molecule has 0 radical (unpaired) electrons. The van der Waals surface area contributed by atoms with Gasteiger partial charge in [-0.3, -0.25) is 0 Å². The lowest BCUT2D eigenvalue weighted by Crippen LogP contribution is -1.84. The zero-order valence-electron chi connectivity index (χ0n) is 10.3. The first-order valence-corrected chi connectivity index (χ1v) is 5.48. The predicted molar refractivity (Wildman–Crippen MR) is 70.1 cm³/mol. The molecule has 0 saturated carbocycles. The van der Waals surface area contributed by atoms with Gasteiger partial charge in [-0.25, -0.2) is 0 Å². The zero-order chi connectivity index (χ0) is 12.3. The van der Waals surface area contributed by atoms with Crippen molar-refractivity contribution >= 4 is 0 Å². The number of ether oxygens (including phenoxy) is 2. The van der Waals surface area contributed by atoms with Gasteiger partial charge in [0.2, 0.25) is 0 Å². The summed E-state index contributed by atoms with van der Waals surface area (Å²) in [6, 6.07) is 19.8. The van der Waals surface area contributed by atoms with Gasteiger partial charge < -0.3 is 9.47 Å². The van der Waals surface area contributed by atoms with Crippen molar-refractivity contribution in [2.75, 3.05) is 14.2 Å². The third-order valence-corrected chi connectivity index (χ3v) is 2.13. The van der Waals surface area contributed by atoms with E-state index in [0.717, 1.165) is 5.75 Å². The Labute approximate surface area is 103 Å². The molecule has 0 N–H and O–H groups in total. The second-order valence-electron chi connectivity index (χ2n) is 3.44. The summed E-state index contributed by atoms with van der Waals surface area (Å²) in [5, 5.41) is 0. The van der Waals surface area contributed by atoms with E-state index in [2.05, 4.69) is 0 Å². The van der Waals surface area contributed by atoms with Crippen LogP contribution < -0.4 is 4.74 Å². The molecular formula is C15H18O2. The van der Waals surface area contributed by atoms with E-state index in [9.17, 15) is 0 Å². The van der Waals surface area contributed by atoms with Crippen LogP contribution in [0.15, 0.2) is 60.7 Å². The summed E-state index contributed by atoms with van der Waals surface area (Å²) in [7, 11) is 3.36. The molecule has 0 atom stereocenters. The van der Waals surface area contributed by atoms with Crippen molar-refractivity contribution in [1.29, 1.82) is 0 Å². The van der Waals surface area contributed by atoms with Gasteiger partial charge in [-0.15, -0.1) is 0 Å². The Balaban J connectivity index is 0.000000171. The minimum Gasteiger partial charge on any atom is -0.497 e. The third kappa shape index (κ3) is 5.73. The molecule has 0 spiro atoms. The van der Waals surface area contributed by atoms with E-state index in [1.807, 2.05) is 60.7 Å². The summed E-state index contributed by atoms with van der Waals surface area (Å²) in [4.78, 5) is 0. The van der Waals surface area contributed by atoms with Crippen LogP contribution >= 0.6 is 0 Å². The molecule has 2 aromatic rings. The summed E-state index contributed by atoms with van der Waals surface area (Å²) in [6.07, 6.45) is 0. The molecule has 0 amide bonds. The monoisotopic (exact) mass is 230 g/mol. The molecule has 17 heavy (non-hydrogen) atoms. The Kier molecular flexibility index (Phi) is 6.53. The van der Waals surface area contributed by atoms with Crippen molar-refractivity contribution in [2.24, 2.45) is 0 Å². The van der Waals surface area contributed by atoms with Crippen molar-refractivity contribution in [3.63, 3.8) is 0 Å². The maximum Gasteiger partial charge on any atom is 0.118 e. The van der Waals surface area contributed by atoms with Crippen molar-refractivity contribution in [3.05, 3.63) is 66.2 Å². The zero-order valence-corrected chi connectivity index (χ0v) is 10.3. The fourth-order valence-corrected chi connectivity index (χ4v) is 1.30. The Hall–Kier alpha value is -1.80. The first-order valence-electron chi connectivity index (χ1n) is 5.48. The van der Waals surface area contributed by atoms with Gasteiger partial charge in [0, 0.05) is 7.11 Å². The van der Waals surface area contributed by atoms with Crippen LogP contribution in [0.25, 0.3) is 0 Å². The highest BCUT2D eigenvalue weighted by atomic mass is 16.5. The number of para-hydroxylation sites is 1. The topological polar surface area (TPSA) is 18.5 Å². The van der Waals surface area contributed by atoms with Gasteiger partial charge in [0.1, 0.15) is 5.75 Å². The molecule has 0 aliphatic heterocycles. The van der Waals surface area contributed by atoms with Crippen LogP contribution in [0.2, 0.25) is 0 Å². The van der Waals surface area contributed by atoms with Crippen LogP contribution in [0, 0.1) is 0 Å². The summed E-state index contributed by atoms with van der Waals surface area (Å²) in [5.74, 6) is 0.910. The standard InChI is InChI=1S/C8H10O.C7H8O/c1-9-7-8-5-3-2-4-6-8;1-8-7-5-3-2-4-6-7/h2-6H,7H2,1H3;2-6H,1H3. The number of hydrogen-bond donors (Lipinski definition) is 0. The highest BCUT2D eigenvalue weighted by Crippen LogP contribution is 2.05. The maximum absolute atomic E-state index is 4.93. The molecule has 90 valence electrons. The van der Waals surface area contributed by atoms with Gasteiger partial charge in [0.15, 0.2) is 0 Å².